The van der Waals surface area contributed by atoms with E-state index in [-0.39, 0.29) is 36.1 Å². The van der Waals surface area contributed by atoms with Gasteiger partial charge in [-0.05, 0) is 24.6 Å². The van der Waals surface area contributed by atoms with Crippen molar-refractivity contribution >= 4 is 29.9 Å². The van der Waals surface area contributed by atoms with Crippen molar-refractivity contribution in [2.45, 2.75) is 37.5 Å². The van der Waals surface area contributed by atoms with Crippen molar-refractivity contribution in [3.63, 3.8) is 0 Å². The summed E-state index contributed by atoms with van der Waals surface area (Å²) in [6.07, 6.45) is -0.489. The average molecular weight is 564 g/mol. The fourth-order valence-corrected chi connectivity index (χ4v) is 4.06. The van der Waals surface area contributed by atoms with Gasteiger partial charge in [-0.1, -0.05) is 18.2 Å². The molecular weight excluding hydrogens is 536 g/mol. The lowest BCUT2D eigenvalue weighted by Gasteiger charge is -2.29. The molecule has 2 N–H and O–H groups in total. The fourth-order valence-electron chi connectivity index (χ4n) is 4.06. The highest BCUT2D eigenvalue weighted by Crippen LogP contribution is 2.31. The number of aliphatic imine (C=N–C) groups is 1. The number of nitrogens with one attached hydrogen (secondary N) is 2. The molecule has 4 rings (SSSR count). The second-order valence-corrected chi connectivity index (χ2v) is 7.91. The molecule has 1 saturated heterocycles. The number of nitrogens with zero attached hydrogens (tertiary/aromatic N) is 2. The van der Waals surface area contributed by atoms with E-state index in [9.17, 15) is 13.2 Å². The Labute approximate surface area is 202 Å². The molecule has 2 aliphatic heterocycles. The van der Waals surface area contributed by atoms with E-state index in [4.69, 9.17) is 9.15 Å². The number of halogens is 4. The molecule has 0 aliphatic carbocycles. The topological polar surface area (TPSA) is 62.0 Å². The number of fused-ring (bicyclic) bond motifs is 1. The number of ether oxygens (including phenoxy) is 1. The van der Waals surface area contributed by atoms with Crippen LogP contribution in [0.5, 0.6) is 5.75 Å². The maximum Gasteiger partial charge on any atom is 0.401 e. The minimum Gasteiger partial charge on any atom is -0.493 e. The molecule has 1 fully saturated rings. The zero-order valence-electron chi connectivity index (χ0n) is 17.6. The van der Waals surface area contributed by atoms with Crippen molar-refractivity contribution in [2.24, 2.45) is 4.99 Å². The summed E-state index contributed by atoms with van der Waals surface area (Å²) >= 11 is 0. The molecule has 2 aliphatic rings. The van der Waals surface area contributed by atoms with Crippen molar-refractivity contribution in [1.29, 1.82) is 0 Å². The Balaban J connectivity index is 0.00000289. The molecule has 1 aromatic carbocycles. The van der Waals surface area contributed by atoms with Crippen molar-refractivity contribution in [3.8, 4) is 5.75 Å². The van der Waals surface area contributed by atoms with E-state index >= 15 is 0 Å². The van der Waals surface area contributed by atoms with Gasteiger partial charge >= 0.3 is 6.18 Å². The highest BCUT2D eigenvalue weighted by molar-refractivity contribution is 14.0. The van der Waals surface area contributed by atoms with Crippen molar-refractivity contribution in [2.75, 3.05) is 32.8 Å². The van der Waals surface area contributed by atoms with E-state index in [1.807, 2.05) is 36.4 Å². The van der Waals surface area contributed by atoms with Gasteiger partial charge in [-0.25, -0.2) is 0 Å². The van der Waals surface area contributed by atoms with E-state index in [1.165, 1.54) is 4.90 Å². The van der Waals surface area contributed by atoms with Crippen LogP contribution in [0.4, 0.5) is 13.2 Å². The van der Waals surface area contributed by atoms with E-state index in [1.54, 1.807) is 6.26 Å². The van der Waals surface area contributed by atoms with Crippen molar-refractivity contribution in [1.82, 2.24) is 15.5 Å². The molecule has 1 aromatic heterocycles. The third-order valence-corrected chi connectivity index (χ3v) is 5.49. The van der Waals surface area contributed by atoms with Crippen LogP contribution in [-0.4, -0.2) is 55.9 Å². The molecule has 0 amide bonds. The molecule has 2 atom stereocenters. The van der Waals surface area contributed by atoms with Gasteiger partial charge in [-0.15, -0.1) is 24.0 Å². The molecule has 2 aromatic rings. The molecule has 0 bridgehead atoms. The summed E-state index contributed by atoms with van der Waals surface area (Å²) in [5.74, 6) is 2.29. The van der Waals surface area contributed by atoms with Crippen LogP contribution in [0.1, 0.15) is 30.2 Å². The lowest BCUT2D eigenvalue weighted by atomic mass is 10.0. The van der Waals surface area contributed by atoms with E-state index in [2.05, 4.69) is 15.6 Å². The van der Waals surface area contributed by atoms with Crippen molar-refractivity contribution in [3.05, 3.63) is 54.0 Å². The lowest BCUT2D eigenvalue weighted by Crippen LogP contribution is -2.47. The van der Waals surface area contributed by atoms with Crippen LogP contribution < -0.4 is 15.4 Å². The summed E-state index contributed by atoms with van der Waals surface area (Å²) in [5, 5.41) is 6.82. The second kappa shape index (κ2) is 11.3. The number of hydrogen-bond acceptors (Lipinski definition) is 4. The quantitative estimate of drug-likeness (QED) is 0.314. The Kier molecular flexibility index (Phi) is 8.69. The van der Waals surface area contributed by atoms with Gasteiger partial charge in [-0.2, -0.15) is 13.2 Å². The van der Waals surface area contributed by atoms with Gasteiger partial charge in [0.2, 0.25) is 0 Å². The van der Waals surface area contributed by atoms with Gasteiger partial charge in [0.05, 0.1) is 25.5 Å². The fraction of sp³-hybridized carbons (Fsp3) is 0.500. The first-order valence-corrected chi connectivity index (χ1v) is 10.6. The first-order valence-electron chi connectivity index (χ1n) is 10.6. The smallest absolute Gasteiger partial charge is 0.401 e. The van der Waals surface area contributed by atoms with E-state index in [0.717, 1.165) is 23.5 Å². The monoisotopic (exact) mass is 564 g/mol. The number of benzene rings is 1. The van der Waals surface area contributed by atoms with Crippen LogP contribution >= 0.6 is 24.0 Å². The molecule has 32 heavy (non-hydrogen) atoms. The van der Waals surface area contributed by atoms with Crippen LogP contribution in [0, 0.1) is 0 Å². The van der Waals surface area contributed by atoms with Crippen LogP contribution in [0.15, 0.2) is 52.1 Å². The number of guanidine groups is 1. The number of hydrogen-bond donors (Lipinski definition) is 2. The van der Waals surface area contributed by atoms with Gasteiger partial charge in [0, 0.05) is 44.1 Å². The predicted molar refractivity (Wildman–Crippen MR) is 127 cm³/mol. The third-order valence-electron chi connectivity index (χ3n) is 5.49. The maximum absolute atomic E-state index is 12.7. The van der Waals surface area contributed by atoms with Gasteiger partial charge in [0.1, 0.15) is 11.5 Å². The van der Waals surface area contributed by atoms with Crippen LogP contribution in [-0.2, 0) is 6.42 Å². The Morgan fingerprint density at radius 2 is 1.97 bits per heavy atom. The van der Waals surface area contributed by atoms with Crippen LogP contribution in [0.2, 0.25) is 0 Å². The Bertz CT molecular complexity index is 876. The highest BCUT2D eigenvalue weighted by Gasteiger charge is 2.34. The second-order valence-electron chi connectivity index (χ2n) is 7.91. The molecule has 10 heteroatoms. The predicted octanol–water partition coefficient (Wildman–Crippen LogP) is 4.14. The number of para-hydroxylation sites is 1. The SMILES string of the molecule is FC(F)(F)CN1CCC(NC(=NCCc2ccco2)NC2CCOc3ccccc32)C1.I. The van der Waals surface area contributed by atoms with Gasteiger partial charge < -0.3 is 19.8 Å². The molecule has 0 saturated carbocycles. The van der Waals surface area contributed by atoms with Crippen molar-refractivity contribution < 1.29 is 22.3 Å². The first kappa shape index (κ1) is 24.7. The Hall–Kier alpha value is -1.95. The van der Waals surface area contributed by atoms with Gasteiger partial charge in [0.15, 0.2) is 5.96 Å². The molecule has 2 unspecified atom stereocenters. The van der Waals surface area contributed by atoms with Gasteiger partial charge in [0.25, 0.3) is 0 Å². The summed E-state index contributed by atoms with van der Waals surface area (Å²) in [6.45, 7) is 0.973. The minimum atomic E-state index is -4.18. The summed E-state index contributed by atoms with van der Waals surface area (Å²) in [7, 11) is 0. The summed E-state index contributed by atoms with van der Waals surface area (Å²) < 4.78 is 49.3. The van der Waals surface area contributed by atoms with E-state index in [0.29, 0.717) is 45.0 Å². The molecular formula is C22H28F3IN4O2. The molecule has 0 spiro atoms. The normalized spacial score (nSPS) is 21.4. The van der Waals surface area contributed by atoms with Crippen LogP contribution in [0.25, 0.3) is 0 Å². The number of rotatable bonds is 6. The number of alkyl halides is 3. The lowest BCUT2D eigenvalue weighted by molar-refractivity contribution is -0.143. The highest BCUT2D eigenvalue weighted by atomic mass is 127. The maximum atomic E-state index is 12.7. The largest absolute Gasteiger partial charge is 0.493 e. The average Bonchev–Trinajstić information content (AvgIpc) is 3.39. The summed E-state index contributed by atoms with van der Waals surface area (Å²) in [4.78, 5) is 6.11. The standard InChI is InChI=1S/C22H27F3N4O2.HI/c23-22(24,25)15-29-11-8-16(14-29)27-21(26-10-7-17-4-3-12-30-17)28-19-9-13-31-20-6-2-1-5-18(19)20;/h1-6,12,16,19H,7-11,13-15H2,(H2,26,27,28);1H. The number of likely N-dealkylation sites (tertiary alicyclic amines) is 1. The Morgan fingerprint density at radius 1 is 1.12 bits per heavy atom. The number of furan rings is 1. The summed E-state index contributed by atoms with van der Waals surface area (Å²) in [5.41, 5.74) is 1.06. The Morgan fingerprint density at radius 3 is 2.75 bits per heavy atom. The zero-order chi connectivity index (χ0) is 21.7. The summed E-state index contributed by atoms with van der Waals surface area (Å²) in [6, 6.07) is 11.5. The van der Waals surface area contributed by atoms with E-state index < -0.39 is 12.7 Å². The van der Waals surface area contributed by atoms with Crippen LogP contribution in [0.3, 0.4) is 0 Å². The molecule has 3 heterocycles. The first-order chi connectivity index (χ1) is 15.0. The third kappa shape index (κ3) is 7.03. The van der Waals surface area contributed by atoms with Gasteiger partial charge in [-0.3, -0.25) is 9.89 Å². The molecule has 6 nitrogen and oxygen atoms in total. The minimum absolute atomic E-state index is 0. The molecule has 0 radical (unpaired) electrons. The zero-order valence-corrected chi connectivity index (χ0v) is 19.9. The molecule has 176 valence electrons.